The van der Waals surface area contributed by atoms with Crippen LogP contribution in [0.25, 0.3) is 11.3 Å². The highest BCUT2D eigenvalue weighted by atomic mass is 32.2. The van der Waals surface area contributed by atoms with Gasteiger partial charge in [-0.25, -0.2) is 4.98 Å². The first-order valence-electron chi connectivity index (χ1n) is 10.1. The number of amides is 2. The average Bonchev–Trinajstić information content (AvgIpc) is 3.33. The molecule has 0 saturated heterocycles. The van der Waals surface area contributed by atoms with E-state index in [4.69, 9.17) is 4.74 Å². The third-order valence-electron chi connectivity index (χ3n) is 4.67. The molecule has 3 aromatic carbocycles. The first-order chi connectivity index (χ1) is 16.1. The number of carbonyl (C=O) groups excluding carboxylic acids is 2. The maximum absolute atomic E-state index is 12.5. The summed E-state index contributed by atoms with van der Waals surface area (Å²) in [6.45, 7) is 0. The fraction of sp³-hybridized carbons (Fsp3) is 0.0800. The van der Waals surface area contributed by atoms with Crippen molar-refractivity contribution in [2.45, 2.75) is 4.34 Å². The quantitative estimate of drug-likeness (QED) is 0.315. The predicted octanol–water partition coefficient (Wildman–Crippen LogP) is 5.80. The van der Waals surface area contributed by atoms with E-state index in [2.05, 4.69) is 15.6 Å². The third kappa shape index (κ3) is 6.00. The van der Waals surface area contributed by atoms with Gasteiger partial charge in [-0.15, -0.1) is 11.3 Å². The number of ether oxygens (including phenoxy) is 1. The number of para-hydroxylation sites is 2. The lowest BCUT2D eigenvalue weighted by Crippen LogP contribution is -2.15. The number of methoxy groups -OCH3 is 1. The Bertz CT molecular complexity index is 1240. The lowest BCUT2D eigenvalue weighted by molar-refractivity contribution is -0.113. The summed E-state index contributed by atoms with van der Waals surface area (Å²) < 4.78 is 6.10. The molecule has 0 bridgehead atoms. The minimum atomic E-state index is -0.258. The molecular weight excluding hydrogens is 454 g/mol. The van der Waals surface area contributed by atoms with Gasteiger partial charge in [0.25, 0.3) is 5.91 Å². The summed E-state index contributed by atoms with van der Waals surface area (Å²) in [4.78, 5) is 29.4. The number of carbonyl (C=O) groups is 2. The number of nitrogens with zero attached hydrogens (tertiary/aromatic N) is 1. The maximum Gasteiger partial charge on any atom is 0.255 e. The zero-order valence-corrected chi connectivity index (χ0v) is 19.4. The van der Waals surface area contributed by atoms with E-state index in [0.717, 1.165) is 15.6 Å². The molecular formula is C25H21N3O3S2. The van der Waals surface area contributed by atoms with E-state index < -0.39 is 0 Å². The SMILES string of the molecule is COc1ccccc1NC(=O)c1ccc(NC(=O)CSc2nc(-c3ccccc3)cs2)cc1. The number of hydrogen-bond acceptors (Lipinski definition) is 6. The van der Waals surface area contributed by atoms with Crippen LogP contribution in [0, 0.1) is 0 Å². The normalized spacial score (nSPS) is 10.5. The lowest BCUT2D eigenvalue weighted by atomic mass is 10.2. The zero-order chi connectivity index (χ0) is 23.0. The zero-order valence-electron chi connectivity index (χ0n) is 17.8. The van der Waals surface area contributed by atoms with E-state index in [0.29, 0.717) is 22.7 Å². The molecule has 0 spiro atoms. The summed E-state index contributed by atoms with van der Waals surface area (Å²) in [5.41, 5.74) is 3.66. The Hall–Kier alpha value is -3.62. The van der Waals surface area contributed by atoms with Crippen LogP contribution >= 0.6 is 23.1 Å². The molecule has 4 rings (SSSR count). The second-order valence-corrected chi connectivity index (χ2v) is 9.01. The molecule has 8 heteroatoms. The van der Waals surface area contributed by atoms with Crippen LogP contribution in [-0.2, 0) is 4.79 Å². The monoisotopic (exact) mass is 475 g/mol. The van der Waals surface area contributed by atoms with E-state index >= 15 is 0 Å². The van der Waals surface area contributed by atoms with Crippen molar-refractivity contribution in [2.75, 3.05) is 23.5 Å². The van der Waals surface area contributed by atoms with Gasteiger partial charge in [-0.2, -0.15) is 0 Å². The molecule has 33 heavy (non-hydrogen) atoms. The number of rotatable bonds is 8. The fourth-order valence-corrected chi connectivity index (χ4v) is 4.67. The van der Waals surface area contributed by atoms with Gasteiger partial charge in [0.2, 0.25) is 5.91 Å². The van der Waals surface area contributed by atoms with Gasteiger partial charge in [0, 0.05) is 22.2 Å². The van der Waals surface area contributed by atoms with E-state index in [-0.39, 0.29) is 17.6 Å². The Kier molecular flexibility index (Phi) is 7.39. The maximum atomic E-state index is 12.5. The van der Waals surface area contributed by atoms with E-state index in [9.17, 15) is 9.59 Å². The van der Waals surface area contributed by atoms with Gasteiger partial charge >= 0.3 is 0 Å². The van der Waals surface area contributed by atoms with Crippen LogP contribution in [0.5, 0.6) is 5.75 Å². The molecule has 0 unspecified atom stereocenters. The molecule has 0 fully saturated rings. The van der Waals surface area contributed by atoms with Crippen molar-refractivity contribution in [1.82, 2.24) is 4.98 Å². The van der Waals surface area contributed by atoms with Gasteiger partial charge in [-0.3, -0.25) is 9.59 Å². The molecule has 2 amide bonds. The van der Waals surface area contributed by atoms with E-state index in [1.54, 1.807) is 43.5 Å². The highest BCUT2D eigenvalue weighted by Gasteiger charge is 2.11. The minimum Gasteiger partial charge on any atom is -0.495 e. The minimum absolute atomic E-state index is 0.136. The van der Waals surface area contributed by atoms with Crippen LogP contribution in [-0.4, -0.2) is 29.7 Å². The van der Waals surface area contributed by atoms with Gasteiger partial charge < -0.3 is 15.4 Å². The summed E-state index contributed by atoms with van der Waals surface area (Å²) in [5, 5.41) is 7.67. The van der Waals surface area contributed by atoms with Crippen molar-refractivity contribution in [3.63, 3.8) is 0 Å². The van der Waals surface area contributed by atoms with Crippen LogP contribution in [0.4, 0.5) is 11.4 Å². The Balaban J connectivity index is 1.29. The fourth-order valence-electron chi connectivity index (χ4n) is 3.04. The number of aromatic nitrogens is 1. The van der Waals surface area contributed by atoms with Crippen molar-refractivity contribution < 1.29 is 14.3 Å². The number of hydrogen-bond donors (Lipinski definition) is 2. The average molecular weight is 476 g/mol. The van der Waals surface area contributed by atoms with Crippen LogP contribution < -0.4 is 15.4 Å². The van der Waals surface area contributed by atoms with Crippen molar-refractivity contribution in [1.29, 1.82) is 0 Å². The molecule has 0 aliphatic carbocycles. The van der Waals surface area contributed by atoms with E-state index in [1.807, 2.05) is 47.8 Å². The largest absolute Gasteiger partial charge is 0.495 e. The Morgan fingerprint density at radius 2 is 1.67 bits per heavy atom. The summed E-state index contributed by atoms with van der Waals surface area (Å²) in [5.74, 6) is 0.439. The smallest absolute Gasteiger partial charge is 0.255 e. The number of nitrogens with one attached hydrogen (secondary N) is 2. The van der Waals surface area contributed by atoms with Gasteiger partial charge in [0.05, 0.1) is 24.2 Å². The topological polar surface area (TPSA) is 80.3 Å². The van der Waals surface area contributed by atoms with Gasteiger partial charge in [0.15, 0.2) is 4.34 Å². The van der Waals surface area contributed by atoms with Gasteiger partial charge in [-0.05, 0) is 36.4 Å². The molecule has 0 aliphatic heterocycles. The lowest BCUT2D eigenvalue weighted by Gasteiger charge is -2.10. The Morgan fingerprint density at radius 3 is 2.42 bits per heavy atom. The summed E-state index contributed by atoms with van der Waals surface area (Å²) >= 11 is 2.91. The van der Waals surface area contributed by atoms with Crippen LogP contribution in [0.2, 0.25) is 0 Å². The summed E-state index contributed by atoms with van der Waals surface area (Å²) in [6.07, 6.45) is 0. The molecule has 0 aliphatic rings. The number of thioether (sulfide) groups is 1. The highest BCUT2D eigenvalue weighted by Crippen LogP contribution is 2.28. The number of benzene rings is 3. The van der Waals surface area contributed by atoms with Crippen LogP contribution in [0.15, 0.2) is 88.6 Å². The summed E-state index contributed by atoms with van der Waals surface area (Å²) in [6, 6.07) is 23.9. The second-order valence-electron chi connectivity index (χ2n) is 6.93. The number of anilines is 2. The molecule has 1 heterocycles. The molecule has 6 nitrogen and oxygen atoms in total. The Morgan fingerprint density at radius 1 is 0.939 bits per heavy atom. The third-order valence-corrected chi connectivity index (χ3v) is 6.69. The van der Waals surface area contributed by atoms with Crippen LogP contribution in [0.3, 0.4) is 0 Å². The van der Waals surface area contributed by atoms with Crippen molar-refractivity contribution in [3.05, 3.63) is 89.8 Å². The molecule has 0 atom stereocenters. The number of thiazole rings is 1. The molecule has 0 radical (unpaired) electrons. The molecule has 4 aromatic rings. The summed E-state index contributed by atoms with van der Waals surface area (Å²) in [7, 11) is 1.55. The van der Waals surface area contributed by atoms with Crippen molar-refractivity contribution >= 4 is 46.3 Å². The van der Waals surface area contributed by atoms with E-state index in [1.165, 1.54) is 23.1 Å². The van der Waals surface area contributed by atoms with Gasteiger partial charge in [0.1, 0.15) is 5.75 Å². The van der Waals surface area contributed by atoms with Crippen LogP contribution in [0.1, 0.15) is 10.4 Å². The predicted molar refractivity (Wildman–Crippen MR) is 134 cm³/mol. The van der Waals surface area contributed by atoms with Gasteiger partial charge in [-0.1, -0.05) is 54.2 Å². The molecule has 1 aromatic heterocycles. The van der Waals surface area contributed by atoms with Crippen molar-refractivity contribution in [2.24, 2.45) is 0 Å². The molecule has 0 saturated carbocycles. The van der Waals surface area contributed by atoms with Crippen molar-refractivity contribution in [3.8, 4) is 17.0 Å². The standard InChI is InChI=1S/C25H21N3O3S2/c1-31-22-10-6-5-9-20(22)27-24(30)18-11-13-19(14-12-18)26-23(29)16-33-25-28-21(15-32-25)17-7-3-2-4-8-17/h2-15H,16H2,1H3,(H,26,29)(H,27,30). The molecule has 2 N–H and O–H groups in total. The first kappa shape index (κ1) is 22.6. The highest BCUT2D eigenvalue weighted by molar-refractivity contribution is 8.01. The Labute approximate surface area is 200 Å². The molecule has 166 valence electrons. The second kappa shape index (κ2) is 10.8. The first-order valence-corrected chi connectivity index (χ1v) is 12.0.